The smallest absolute Gasteiger partial charge is 0.324 e. The first kappa shape index (κ1) is 15.7. The van der Waals surface area contributed by atoms with Crippen LogP contribution in [0.1, 0.15) is 51.0 Å². The number of amides is 2. The summed E-state index contributed by atoms with van der Waals surface area (Å²) in [6.07, 6.45) is 1.46. The van der Waals surface area contributed by atoms with Crippen molar-refractivity contribution in [1.29, 1.82) is 0 Å². The third-order valence-corrected chi connectivity index (χ3v) is 3.67. The Morgan fingerprint density at radius 2 is 1.58 bits per heavy atom. The highest BCUT2D eigenvalue weighted by Crippen LogP contribution is 2.23. The van der Waals surface area contributed by atoms with Crippen LogP contribution in [0, 0.1) is 0 Å². The zero-order chi connectivity index (χ0) is 17.4. The molecule has 24 heavy (non-hydrogen) atoms. The van der Waals surface area contributed by atoms with Crippen LogP contribution < -0.4 is 5.56 Å². The molecule has 0 saturated heterocycles. The molecule has 1 aromatic heterocycles. The lowest BCUT2D eigenvalue weighted by molar-refractivity contribution is -0.0584. The topological polar surface area (TPSA) is 85.7 Å². The molecular formula is C17H14N2O5. The lowest BCUT2D eigenvalue weighted by atomic mass is 10.1. The molecule has 2 aromatic rings. The first-order valence-electron chi connectivity index (χ1n) is 7.32. The van der Waals surface area contributed by atoms with Crippen molar-refractivity contribution in [2.24, 2.45) is 0 Å². The molecule has 7 heteroatoms. The fourth-order valence-electron chi connectivity index (χ4n) is 2.43. The van der Waals surface area contributed by atoms with Gasteiger partial charge >= 0.3 is 5.97 Å². The summed E-state index contributed by atoms with van der Waals surface area (Å²) < 4.78 is 1.44. The number of hydrogen-bond acceptors (Lipinski definition) is 5. The van der Waals surface area contributed by atoms with Crippen LogP contribution in [-0.2, 0) is 4.84 Å². The summed E-state index contributed by atoms with van der Waals surface area (Å²) >= 11 is 0. The van der Waals surface area contributed by atoms with Gasteiger partial charge in [-0.25, -0.2) is 4.79 Å². The van der Waals surface area contributed by atoms with Crippen LogP contribution in [0.2, 0.25) is 0 Å². The van der Waals surface area contributed by atoms with E-state index in [9.17, 15) is 19.2 Å². The molecule has 3 rings (SSSR count). The molecular weight excluding hydrogens is 312 g/mol. The largest absolute Gasteiger partial charge is 0.364 e. The second-order valence-corrected chi connectivity index (χ2v) is 5.58. The van der Waals surface area contributed by atoms with Crippen LogP contribution in [0.15, 0.2) is 47.4 Å². The van der Waals surface area contributed by atoms with Gasteiger partial charge in [0.1, 0.15) is 0 Å². The maximum Gasteiger partial charge on any atom is 0.364 e. The Hall–Kier alpha value is -3.22. The second-order valence-electron chi connectivity index (χ2n) is 5.58. The van der Waals surface area contributed by atoms with Crippen molar-refractivity contribution < 1.29 is 19.2 Å². The summed E-state index contributed by atoms with van der Waals surface area (Å²) in [5.74, 6) is -2.36. The number of fused-ring (bicyclic) bond motifs is 1. The van der Waals surface area contributed by atoms with Gasteiger partial charge in [-0.05, 0) is 32.0 Å². The van der Waals surface area contributed by atoms with Crippen LogP contribution >= 0.6 is 0 Å². The molecule has 0 unspecified atom stereocenters. The molecule has 0 bridgehead atoms. The molecule has 0 saturated carbocycles. The van der Waals surface area contributed by atoms with Crippen molar-refractivity contribution in [3.05, 3.63) is 69.6 Å². The van der Waals surface area contributed by atoms with Gasteiger partial charge in [0.2, 0.25) is 0 Å². The summed E-state index contributed by atoms with van der Waals surface area (Å²) in [6.45, 7) is 3.66. The van der Waals surface area contributed by atoms with Gasteiger partial charge in [-0.3, -0.25) is 14.4 Å². The van der Waals surface area contributed by atoms with Gasteiger partial charge in [0.25, 0.3) is 17.4 Å². The quantitative estimate of drug-likeness (QED) is 0.803. The number of hydroxylamine groups is 2. The van der Waals surface area contributed by atoms with Gasteiger partial charge in [-0.15, -0.1) is 0 Å². The van der Waals surface area contributed by atoms with Gasteiger partial charge in [0.15, 0.2) is 0 Å². The Balaban J connectivity index is 1.84. The van der Waals surface area contributed by atoms with Crippen LogP contribution in [0.4, 0.5) is 0 Å². The number of hydrogen-bond donors (Lipinski definition) is 0. The molecule has 0 radical (unpaired) electrons. The molecule has 0 aliphatic carbocycles. The van der Waals surface area contributed by atoms with Crippen LogP contribution in [-0.4, -0.2) is 27.4 Å². The molecule has 122 valence electrons. The minimum atomic E-state index is -0.947. The molecule has 1 aromatic carbocycles. The minimum Gasteiger partial charge on any atom is -0.324 e. The van der Waals surface area contributed by atoms with Crippen LogP contribution in [0.3, 0.4) is 0 Å². The number of carbonyl (C=O) groups excluding carboxylic acids is 3. The number of pyridine rings is 1. The molecule has 0 atom stereocenters. The van der Waals surface area contributed by atoms with E-state index in [0.717, 1.165) is 6.07 Å². The molecule has 2 heterocycles. The normalized spacial score (nSPS) is 13.4. The number of imide groups is 1. The molecule has 2 amide bonds. The minimum absolute atomic E-state index is 0.0338. The van der Waals surface area contributed by atoms with Gasteiger partial charge < -0.3 is 9.40 Å². The van der Waals surface area contributed by atoms with E-state index >= 15 is 0 Å². The summed E-state index contributed by atoms with van der Waals surface area (Å²) in [5.41, 5.74) is -0.0636. The van der Waals surface area contributed by atoms with E-state index in [1.54, 1.807) is 12.1 Å². The van der Waals surface area contributed by atoms with E-state index in [2.05, 4.69) is 0 Å². The number of benzene rings is 1. The standard InChI is InChI=1S/C17H14N2O5/c1-10(2)18-8-7-11(9-14(18)20)17(23)24-19-15(21)12-5-3-4-6-13(12)16(19)22/h3-10H,1-2H3. The first-order valence-corrected chi connectivity index (χ1v) is 7.32. The predicted molar refractivity (Wildman–Crippen MR) is 83.4 cm³/mol. The summed E-state index contributed by atoms with van der Waals surface area (Å²) in [4.78, 5) is 53.3. The second kappa shape index (κ2) is 5.77. The number of carbonyl (C=O) groups is 3. The number of nitrogens with zero attached hydrogens (tertiary/aromatic N) is 2. The average Bonchev–Trinajstić information content (AvgIpc) is 2.80. The van der Waals surface area contributed by atoms with Gasteiger partial charge in [-0.2, -0.15) is 0 Å². The Morgan fingerprint density at radius 3 is 2.08 bits per heavy atom. The predicted octanol–water partition coefficient (Wildman–Crippen LogP) is 1.80. The molecule has 7 nitrogen and oxygen atoms in total. The maximum absolute atomic E-state index is 12.2. The Bertz CT molecular complexity index is 878. The highest BCUT2D eigenvalue weighted by Gasteiger charge is 2.38. The third-order valence-electron chi connectivity index (χ3n) is 3.67. The first-order chi connectivity index (χ1) is 11.4. The van der Waals surface area contributed by atoms with E-state index in [-0.39, 0.29) is 28.3 Å². The van der Waals surface area contributed by atoms with Gasteiger partial charge in [0, 0.05) is 18.3 Å². The number of rotatable bonds is 3. The SMILES string of the molecule is CC(C)n1ccc(C(=O)ON2C(=O)c3ccccc3C2=O)cc1=O. The molecule has 1 aliphatic heterocycles. The summed E-state index contributed by atoms with van der Waals surface area (Å²) in [6, 6.07) is 8.64. The molecule has 0 N–H and O–H groups in total. The van der Waals surface area contributed by atoms with Gasteiger partial charge in [0.05, 0.1) is 16.7 Å². The van der Waals surface area contributed by atoms with Crippen molar-refractivity contribution in [2.75, 3.05) is 0 Å². The lowest BCUT2D eigenvalue weighted by Gasteiger charge is -2.13. The number of aromatic nitrogens is 1. The zero-order valence-corrected chi connectivity index (χ0v) is 13.1. The Morgan fingerprint density at radius 1 is 1.00 bits per heavy atom. The summed E-state index contributed by atoms with van der Waals surface area (Å²) in [7, 11) is 0. The van der Waals surface area contributed by atoms with Crippen molar-refractivity contribution in [1.82, 2.24) is 9.63 Å². The van der Waals surface area contributed by atoms with E-state index < -0.39 is 17.8 Å². The van der Waals surface area contributed by atoms with E-state index in [4.69, 9.17) is 4.84 Å². The maximum atomic E-state index is 12.2. The Labute approximate surface area is 137 Å². The fourth-order valence-corrected chi connectivity index (χ4v) is 2.43. The highest BCUT2D eigenvalue weighted by molar-refractivity contribution is 6.21. The van der Waals surface area contributed by atoms with Crippen molar-refractivity contribution >= 4 is 17.8 Å². The van der Waals surface area contributed by atoms with Crippen LogP contribution in [0.5, 0.6) is 0 Å². The van der Waals surface area contributed by atoms with Crippen molar-refractivity contribution in [3.63, 3.8) is 0 Å². The van der Waals surface area contributed by atoms with E-state index in [1.165, 1.54) is 29.0 Å². The average molecular weight is 326 g/mol. The zero-order valence-electron chi connectivity index (χ0n) is 13.1. The molecule has 0 spiro atoms. The van der Waals surface area contributed by atoms with Crippen LogP contribution in [0.25, 0.3) is 0 Å². The fraction of sp³-hybridized carbons (Fsp3) is 0.176. The third kappa shape index (κ3) is 2.50. The Kier molecular flexibility index (Phi) is 3.76. The highest BCUT2D eigenvalue weighted by atomic mass is 16.7. The molecule has 1 aliphatic rings. The summed E-state index contributed by atoms with van der Waals surface area (Å²) in [5, 5.41) is 0.418. The van der Waals surface area contributed by atoms with E-state index in [0.29, 0.717) is 5.06 Å². The van der Waals surface area contributed by atoms with Crippen molar-refractivity contribution in [2.45, 2.75) is 19.9 Å². The molecule has 0 fully saturated rings. The van der Waals surface area contributed by atoms with Gasteiger partial charge in [-0.1, -0.05) is 17.2 Å². The van der Waals surface area contributed by atoms with E-state index in [1.807, 2.05) is 13.8 Å². The lowest BCUT2D eigenvalue weighted by Crippen LogP contribution is -2.33. The monoisotopic (exact) mass is 326 g/mol. The van der Waals surface area contributed by atoms with Crippen molar-refractivity contribution in [3.8, 4) is 0 Å².